The third-order valence-corrected chi connectivity index (χ3v) is 4.16. The highest BCUT2D eigenvalue weighted by Gasteiger charge is 2.29. The predicted molar refractivity (Wildman–Crippen MR) is 89.8 cm³/mol. The second kappa shape index (κ2) is 7.17. The van der Waals surface area contributed by atoms with Crippen LogP contribution in [0.3, 0.4) is 0 Å². The summed E-state index contributed by atoms with van der Waals surface area (Å²) in [6.07, 6.45) is -0.890. The van der Waals surface area contributed by atoms with E-state index in [0.29, 0.717) is 12.0 Å². The normalized spacial score (nSPS) is 15.6. The van der Waals surface area contributed by atoms with Crippen LogP contribution in [0.4, 0.5) is 19.3 Å². The van der Waals surface area contributed by atoms with Crippen molar-refractivity contribution in [1.29, 1.82) is 0 Å². The van der Waals surface area contributed by atoms with Gasteiger partial charge < -0.3 is 20.5 Å². The average Bonchev–Trinajstić information content (AvgIpc) is 2.57. The number of carboxylic acid groups (broad SMARTS) is 1. The molecule has 6 nitrogen and oxygen atoms in total. The van der Waals surface area contributed by atoms with Crippen LogP contribution in [-0.2, 0) is 0 Å². The van der Waals surface area contributed by atoms with Gasteiger partial charge in [-0.1, -0.05) is 17.7 Å². The molecule has 0 unspecified atom stereocenters. The van der Waals surface area contributed by atoms with Crippen molar-refractivity contribution in [3.8, 4) is 5.75 Å². The van der Waals surface area contributed by atoms with Gasteiger partial charge in [0.1, 0.15) is 22.9 Å². The maximum atomic E-state index is 14.3. The second-order valence-electron chi connectivity index (χ2n) is 5.56. The van der Waals surface area contributed by atoms with E-state index < -0.39 is 29.7 Å². The van der Waals surface area contributed by atoms with Gasteiger partial charge in [-0.3, -0.25) is 4.79 Å². The molecule has 1 heterocycles. The minimum atomic E-state index is -1.24. The molecule has 0 radical (unpaired) electrons. The summed E-state index contributed by atoms with van der Waals surface area (Å²) in [4.78, 5) is 23.4. The summed E-state index contributed by atoms with van der Waals surface area (Å²) in [7, 11) is 0. The molecule has 26 heavy (non-hydrogen) atoms. The van der Waals surface area contributed by atoms with Crippen LogP contribution in [0.5, 0.6) is 5.75 Å². The zero-order valence-electron chi connectivity index (χ0n) is 13.2. The highest BCUT2D eigenvalue weighted by atomic mass is 35.5. The van der Waals surface area contributed by atoms with Gasteiger partial charge in [0, 0.05) is 17.7 Å². The quantitative estimate of drug-likeness (QED) is 0.749. The Labute approximate surface area is 151 Å². The van der Waals surface area contributed by atoms with Gasteiger partial charge >= 0.3 is 6.09 Å². The summed E-state index contributed by atoms with van der Waals surface area (Å²) in [5.74, 6) is -2.33. The molecule has 2 aromatic rings. The van der Waals surface area contributed by atoms with Crippen LogP contribution in [0.2, 0.25) is 5.02 Å². The zero-order valence-corrected chi connectivity index (χ0v) is 13.9. The Bertz CT molecular complexity index is 891. The molecule has 0 saturated carbocycles. The maximum absolute atomic E-state index is 14.3. The Hall–Kier alpha value is -2.87. The smallest absolute Gasteiger partial charge is 0.405 e. The van der Waals surface area contributed by atoms with Gasteiger partial charge in [-0.25, -0.2) is 13.6 Å². The van der Waals surface area contributed by atoms with E-state index in [0.717, 1.165) is 12.1 Å². The van der Waals surface area contributed by atoms with E-state index in [-0.39, 0.29) is 28.6 Å². The van der Waals surface area contributed by atoms with E-state index in [4.69, 9.17) is 21.4 Å². The molecule has 0 spiro atoms. The fraction of sp³-hybridized carbons (Fsp3) is 0.176. The van der Waals surface area contributed by atoms with Crippen molar-refractivity contribution < 1.29 is 28.2 Å². The number of hydrogen-bond donors (Lipinski definition) is 3. The lowest BCUT2D eigenvalue weighted by molar-refractivity contribution is 0.101. The largest absolute Gasteiger partial charge is 0.492 e. The van der Waals surface area contributed by atoms with Crippen molar-refractivity contribution in [2.75, 3.05) is 11.9 Å². The van der Waals surface area contributed by atoms with E-state index in [1.54, 1.807) is 0 Å². The SMILES string of the molecule is O=C(O)N[C@H]1CCOc2c1ccc(F)c2C(=O)Nc1ccc(F)c(Cl)c1. The zero-order chi connectivity index (χ0) is 18.8. The molecular formula is C17H13ClF2N2O4. The first-order chi connectivity index (χ1) is 12.4. The molecule has 0 saturated heterocycles. The lowest BCUT2D eigenvalue weighted by Gasteiger charge is -2.27. The Kier molecular flexibility index (Phi) is 4.94. The predicted octanol–water partition coefficient (Wildman–Crippen LogP) is 3.96. The first kappa shape index (κ1) is 17.9. The molecule has 1 aliphatic rings. The summed E-state index contributed by atoms with van der Waals surface area (Å²) < 4.78 is 32.9. The number of amides is 2. The van der Waals surface area contributed by atoms with Crippen molar-refractivity contribution in [3.05, 3.63) is 58.1 Å². The Balaban J connectivity index is 1.95. The summed E-state index contributed by atoms with van der Waals surface area (Å²) in [6, 6.07) is 5.36. The molecule has 3 rings (SSSR count). The van der Waals surface area contributed by atoms with Crippen molar-refractivity contribution in [1.82, 2.24) is 5.32 Å². The maximum Gasteiger partial charge on any atom is 0.405 e. The number of fused-ring (bicyclic) bond motifs is 1. The minimum absolute atomic E-state index is 0.0271. The highest BCUT2D eigenvalue weighted by Crippen LogP contribution is 2.36. The van der Waals surface area contributed by atoms with Crippen LogP contribution in [-0.4, -0.2) is 23.7 Å². The minimum Gasteiger partial charge on any atom is -0.492 e. The second-order valence-corrected chi connectivity index (χ2v) is 5.97. The number of halogens is 3. The van der Waals surface area contributed by atoms with Gasteiger partial charge in [-0.05, 0) is 24.3 Å². The van der Waals surface area contributed by atoms with Gasteiger partial charge in [0.25, 0.3) is 5.91 Å². The number of benzene rings is 2. The molecule has 9 heteroatoms. The Morgan fingerprint density at radius 2 is 1.92 bits per heavy atom. The number of ether oxygens (including phenoxy) is 1. The van der Waals surface area contributed by atoms with E-state index in [1.165, 1.54) is 18.2 Å². The Morgan fingerprint density at radius 3 is 2.62 bits per heavy atom. The third kappa shape index (κ3) is 3.55. The summed E-state index contributed by atoms with van der Waals surface area (Å²) in [5, 5.41) is 13.5. The summed E-state index contributed by atoms with van der Waals surface area (Å²) >= 11 is 5.67. The van der Waals surface area contributed by atoms with Crippen LogP contribution in [0, 0.1) is 11.6 Å². The standard InChI is InChI=1S/C17H13ClF2N2O4/c18-10-7-8(1-3-11(10)19)21-16(23)14-12(20)4-2-9-13(22-17(24)25)5-6-26-15(9)14/h1-4,7,13,22H,5-6H2,(H,21,23)(H,24,25)/t13-/m0/s1. The van der Waals surface area contributed by atoms with Crippen LogP contribution >= 0.6 is 11.6 Å². The average molecular weight is 383 g/mol. The molecular weight excluding hydrogens is 370 g/mol. The first-order valence-electron chi connectivity index (χ1n) is 7.58. The number of anilines is 1. The molecule has 0 bridgehead atoms. The van der Waals surface area contributed by atoms with Gasteiger partial charge in [-0.2, -0.15) is 0 Å². The lowest BCUT2D eigenvalue weighted by atomic mass is 9.97. The van der Waals surface area contributed by atoms with Crippen molar-refractivity contribution in [2.24, 2.45) is 0 Å². The number of carbonyl (C=O) groups is 2. The van der Waals surface area contributed by atoms with Crippen LogP contribution in [0.15, 0.2) is 30.3 Å². The molecule has 2 amide bonds. The first-order valence-corrected chi connectivity index (χ1v) is 7.95. The molecule has 136 valence electrons. The number of rotatable bonds is 3. The molecule has 0 aliphatic carbocycles. The lowest BCUT2D eigenvalue weighted by Crippen LogP contribution is -2.32. The van der Waals surface area contributed by atoms with Crippen molar-refractivity contribution >= 4 is 29.3 Å². The molecule has 3 N–H and O–H groups in total. The number of hydrogen-bond acceptors (Lipinski definition) is 3. The molecule has 1 atom stereocenters. The monoisotopic (exact) mass is 382 g/mol. The summed E-state index contributed by atoms with van der Waals surface area (Å²) in [5.41, 5.74) is 0.177. The van der Waals surface area contributed by atoms with Gasteiger partial charge in [-0.15, -0.1) is 0 Å². The van der Waals surface area contributed by atoms with Gasteiger partial charge in [0.05, 0.1) is 17.7 Å². The van der Waals surface area contributed by atoms with E-state index in [2.05, 4.69) is 10.6 Å². The highest BCUT2D eigenvalue weighted by molar-refractivity contribution is 6.31. The molecule has 1 aliphatic heterocycles. The third-order valence-electron chi connectivity index (χ3n) is 3.87. The van der Waals surface area contributed by atoms with Crippen LogP contribution < -0.4 is 15.4 Å². The summed E-state index contributed by atoms with van der Waals surface area (Å²) in [6.45, 7) is 0.115. The molecule has 2 aromatic carbocycles. The number of carbonyl (C=O) groups excluding carboxylic acids is 1. The van der Waals surface area contributed by atoms with Gasteiger partial charge in [0.2, 0.25) is 0 Å². The molecule has 0 fully saturated rings. The van der Waals surface area contributed by atoms with Crippen molar-refractivity contribution in [2.45, 2.75) is 12.5 Å². The van der Waals surface area contributed by atoms with E-state index in [1.807, 2.05) is 0 Å². The molecule has 0 aromatic heterocycles. The number of nitrogens with one attached hydrogen (secondary N) is 2. The fourth-order valence-corrected chi connectivity index (χ4v) is 2.90. The van der Waals surface area contributed by atoms with Crippen LogP contribution in [0.1, 0.15) is 28.4 Å². The van der Waals surface area contributed by atoms with Crippen molar-refractivity contribution in [3.63, 3.8) is 0 Å². The Morgan fingerprint density at radius 1 is 1.19 bits per heavy atom. The van der Waals surface area contributed by atoms with E-state index in [9.17, 15) is 18.4 Å². The van der Waals surface area contributed by atoms with Crippen LogP contribution in [0.25, 0.3) is 0 Å². The topological polar surface area (TPSA) is 87.7 Å². The van der Waals surface area contributed by atoms with Gasteiger partial charge in [0.15, 0.2) is 0 Å². The van der Waals surface area contributed by atoms with E-state index >= 15 is 0 Å². The fourth-order valence-electron chi connectivity index (χ4n) is 2.72.